The Kier molecular flexibility index (Phi) is 6.31. The number of carbonyl (C=O) groups excluding carboxylic acids is 1. The van der Waals surface area contributed by atoms with E-state index >= 15 is 0 Å². The minimum Gasteiger partial charge on any atom is -0.497 e. The van der Waals surface area contributed by atoms with Crippen molar-refractivity contribution >= 4 is 32.6 Å². The van der Waals surface area contributed by atoms with Crippen LogP contribution in [-0.4, -0.2) is 62.3 Å². The fraction of sp³-hybridized carbons (Fsp3) is 0.286. The lowest BCUT2D eigenvalue weighted by molar-refractivity contribution is -0.119. The molecular formula is C28H27N3O4S. The maximum atomic E-state index is 14.5. The summed E-state index contributed by atoms with van der Waals surface area (Å²) < 4.78 is 18.1. The van der Waals surface area contributed by atoms with Crippen molar-refractivity contribution in [2.75, 3.05) is 51.4 Å². The third kappa shape index (κ3) is 4.32. The van der Waals surface area contributed by atoms with Gasteiger partial charge in [-0.2, -0.15) is 0 Å². The Morgan fingerprint density at radius 2 is 1.75 bits per heavy atom. The molecule has 1 saturated heterocycles. The molecule has 0 radical (unpaired) electrons. The number of hydrogen-bond donors (Lipinski definition) is 0. The number of para-hydroxylation sites is 2. The topological polar surface area (TPSA) is 64.1 Å². The smallest absolute Gasteiger partial charge is 0.241 e. The van der Waals surface area contributed by atoms with Gasteiger partial charge in [0, 0.05) is 37.3 Å². The van der Waals surface area contributed by atoms with Crippen molar-refractivity contribution in [3.05, 3.63) is 77.9 Å². The Labute approximate surface area is 213 Å². The molecule has 6 rings (SSSR count). The summed E-state index contributed by atoms with van der Waals surface area (Å²) >= 11 is 1.52. The summed E-state index contributed by atoms with van der Waals surface area (Å²) in [7, 11) is 1.65. The Balaban J connectivity index is 1.40. The predicted octanol–water partition coefficient (Wildman–Crippen LogP) is 4.91. The molecule has 0 spiro atoms. The highest BCUT2D eigenvalue weighted by Gasteiger charge is 2.36. The molecule has 184 valence electrons. The quantitative estimate of drug-likeness (QED) is 0.374. The van der Waals surface area contributed by atoms with Crippen molar-refractivity contribution in [1.29, 1.82) is 0 Å². The summed E-state index contributed by atoms with van der Waals surface area (Å²) in [6.45, 7) is 4.45. The van der Waals surface area contributed by atoms with Crippen LogP contribution in [-0.2, 0) is 9.53 Å². The van der Waals surface area contributed by atoms with Crippen LogP contribution in [0.15, 0.2) is 66.7 Å². The number of nitrogens with zero attached hydrogens (tertiary/aromatic N) is 3. The van der Waals surface area contributed by atoms with E-state index in [0.717, 1.165) is 71.4 Å². The van der Waals surface area contributed by atoms with E-state index in [1.54, 1.807) is 7.11 Å². The number of amides is 1. The van der Waals surface area contributed by atoms with Gasteiger partial charge in [0.15, 0.2) is 5.13 Å². The number of methoxy groups -OCH3 is 1. The largest absolute Gasteiger partial charge is 0.497 e. The van der Waals surface area contributed by atoms with E-state index in [2.05, 4.69) is 4.90 Å². The van der Waals surface area contributed by atoms with Gasteiger partial charge in [-0.05, 0) is 30.3 Å². The van der Waals surface area contributed by atoms with E-state index in [0.29, 0.717) is 11.7 Å². The molecule has 3 heterocycles. The van der Waals surface area contributed by atoms with Crippen LogP contribution in [0.4, 0.5) is 5.13 Å². The molecule has 36 heavy (non-hydrogen) atoms. The number of morpholine rings is 1. The second-order valence-corrected chi connectivity index (χ2v) is 9.89. The molecule has 0 aliphatic carbocycles. The minimum atomic E-state index is -0.475. The van der Waals surface area contributed by atoms with Crippen LogP contribution in [0.3, 0.4) is 0 Å². The van der Waals surface area contributed by atoms with E-state index in [1.807, 2.05) is 71.6 Å². The lowest BCUT2D eigenvalue weighted by atomic mass is 9.87. The maximum Gasteiger partial charge on any atom is 0.241 e. The van der Waals surface area contributed by atoms with Gasteiger partial charge in [-0.3, -0.25) is 14.6 Å². The van der Waals surface area contributed by atoms with Gasteiger partial charge in [-0.15, -0.1) is 0 Å². The first-order valence-corrected chi connectivity index (χ1v) is 12.9. The summed E-state index contributed by atoms with van der Waals surface area (Å²) in [6.07, 6.45) is 0. The summed E-state index contributed by atoms with van der Waals surface area (Å²) in [6, 6.07) is 21.4. The van der Waals surface area contributed by atoms with Gasteiger partial charge in [0.1, 0.15) is 17.2 Å². The van der Waals surface area contributed by atoms with Gasteiger partial charge in [0.05, 0.1) is 36.5 Å². The Hall–Kier alpha value is -3.46. The van der Waals surface area contributed by atoms with Crippen LogP contribution in [0.5, 0.6) is 17.2 Å². The van der Waals surface area contributed by atoms with E-state index in [9.17, 15) is 4.79 Å². The van der Waals surface area contributed by atoms with Crippen LogP contribution >= 0.6 is 11.3 Å². The first kappa shape index (κ1) is 23.0. The van der Waals surface area contributed by atoms with Crippen molar-refractivity contribution in [3.8, 4) is 17.2 Å². The van der Waals surface area contributed by atoms with E-state index < -0.39 is 5.92 Å². The van der Waals surface area contributed by atoms with Crippen molar-refractivity contribution in [3.63, 3.8) is 0 Å². The first-order chi connectivity index (χ1) is 17.7. The van der Waals surface area contributed by atoms with Crippen LogP contribution in [0.1, 0.15) is 17.0 Å². The molecule has 3 aromatic carbocycles. The Morgan fingerprint density at radius 3 is 2.44 bits per heavy atom. The number of aromatic nitrogens is 1. The molecule has 0 atom stereocenters. The summed E-state index contributed by atoms with van der Waals surface area (Å²) in [5.41, 5.74) is 2.61. The average Bonchev–Trinajstić information content (AvgIpc) is 3.35. The second kappa shape index (κ2) is 9.89. The van der Waals surface area contributed by atoms with Crippen molar-refractivity contribution in [2.24, 2.45) is 0 Å². The summed E-state index contributed by atoms with van der Waals surface area (Å²) in [4.78, 5) is 23.5. The molecule has 1 aromatic heterocycles. The zero-order valence-electron chi connectivity index (χ0n) is 20.1. The van der Waals surface area contributed by atoms with Gasteiger partial charge < -0.3 is 14.2 Å². The molecule has 8 heteroatoms. The number of hydrogen-bond acceptors (Lipinski definition) is 7. The fourth-order valence-corrected chi connectivity index (χ4v) is 5.86. The number of ether oxygens (including phenoxy) is 3. The Morgan fingerprint density at radius 1 is 1.06 bits per heavy atom. The van der Waals surface area contributed by atoms with Gasteiger partial charge in [0.2, 0.25) is 5.91 Å². The van der Waals surface area contributed by atoms with Gasteiger partial charge in [-0.25, -0.2) is 4.98 Å². The van der Waals surface area contributed by atoms with E-state index in [-0.39, 0.29) is 5.91 Å². The predicted molar refractivity (Wildman–Crippen MR) is 141 cm³/mol. The number of fused-ring (bicyclic) bond motifs is 3. The molecular weight excluding hydrogens is 474 g/mol. The first-order valence-electron chi connectivity index (χ1n) is 12.1. The average molecular weight is 502 g/mol. The van der Waals surface area contributed by atoms with Gasteiger partial charge in [-0.1, -0.05) is 47.7 Å². The molecule has 0 bridgehead atoms. The third-order valence-electron chi connectivity index (χ3n) is 6.75. The highest BCUT2D eigenvalue weighted by molar-refractivity contribution is 7.22. The molecule has 4 aromatic rings. The summed E-state index contributed by atoms with van der Waals surface area (Å²) in [5, 5.41) is 0.693. The fourth-order valence-electron chi connectivity index (χ4n) is 4.83. The molecule has 0 saturated carbocycles. The number of anilines is 1. The van der Waals surface area contributed by atoms with Crippen molar-refractivity contribution in [2.45, 2.75) is 5.92 Å². The normalized spacial score (nSPS) is 15.7. The standard InChI is InChI=1S/C28H27N3O4S/c1-33-19-10-11-22-25(18-19)36-28(29-22)31(13-12-30-14-16-34-17-15-30)27(32)26-20-6-2-4-8-23(20)35-24-9-5-3-7-21(24)26/h2-11,18,26H,12-17H2,1H3. The molecule has 2 aliphatic rings. The zero-order valence-corrected chi connectivity index (χ0v) is 20.9. The highest BCUT2D eigenvalue weighted by Crippen LogP contribution is 2.45. The third-order valence-corrected chi connectivity index (χ3v) is 7.79. The molecule has 7 nitrogen and oxygen atoms in total. The number of carbonyl (C=O) groups is 1. The molecule has 0 N–H and O–H groups in total. The van der Waals surface area contributed by atoms with Crippen molar-refractivity contribution < 1.29 is 19.0 Å². The monoisotopic (exact) mass is 501 g/mol. The Bertz CT molecular complexity index is 1350. The van der Waals surface area contributed by atoms with Crippen LogP contribution < -0.4 is 14.4 Å². The van der Waals surface area contributed by atoms with Crippen LogP contribution in [0.25, 0.3) is 10.2 Å². The van der Waals surface area contributed by atoms with Gasteiger partial charge >= 0.3 is 0 Å². The summed E-state index contributed by atoms with van der Waals surface area (Å²) in [5.74, 6) is 1.74. The number of benzene rings is 3. The molecule has 1 fully saturated rings. The number of rotatable bonds is 6. The van der Waals surface area contributed by atoms with Gasteiger partial charge in [0.25, 0.3) is 0 Å². The maximum absolute atomic E-state index is 14.5. The molecule has 0 unspecified atom stereocenters. The SMILES string of the molecule is COc1ccc2nc(N(CCN3CCOCC3)C(=O)C3c4ccccc4Oc4ccccc43)sc2c1. The highest BCUT2D eigenvalue weighted by atomic mass is 32.1. The lowest BCUT2D eigenvalue weighted by Gasteiger charge is -2.33. The second-order valence-electron chi connectivity index (χ2n) is 8.88. The van der Waals surface area contributed by atoms with Crippen molar-refractivity contribution in [1.82, 2.24) is 9.88 Å². The minimum absolute atomic E-state index is 0.00233. The molecule has 1 amide bonds. The lowest BCUT2D eigenvalue weighted by Crippen LogP contribution is -2.44. The van der Waals surface area contributed by atoms with Crippen LogP contribution in [0.2, 0.25) is 0 Å². The zero-order chi connectivity index (χ0) is 24.5. The van der Waals surface area contributed by atoms with E-state index in [4.69, 9.17) is 19.2 Å². The number of thiazole rings is 1. The molecule has 2 aliphatic heterocycles. The van der Waals surface area contributed by atoms with E-state index in [1.165, 1.54) is 11.3 Å². The van der Waals surface area contributed by atoms with Crippen LogP contribution in [0, 0.1) is 0 Å².